The van der Waals surface area contributed by atoms with E-state index in [2.05, 4.69) is 27.9 Å². The highest BCUT2D eigenvalue weighted by atomic mass is 127. The van der Waals surface area contributed by atoms with Crippen LogP contribution in [-0.2, 0) is 9.59 Å². The van der Waals surface area contributed by atoms with Crippen molar-refractivity contribution in [2.75, 3.05) is 4.90 Å². The van der Waals surface area contributed by atoms with E-state index in [-0.39, 0.29) is 5.57 Å². The number of benzene rings is 2. The van der Waals surface area contributed by atoms with Crippen molar-refractivity contribution in [1.29, 1.82) is 0 Å². The van der Waals surface area contributed by atoms with Crippen LogP contribution in [-0.4, -0.2) is 17.8 Å². The van der Waals surface area contributed by atoms with Crippen molar-refractivity contribution in [3.05, 3.63) is 68.8 Å². The number of amides is 4. The number of nitrogens with zero attached hydrogens (tertiary/aromatic N) is 1. The number of imide groups is 2. The van der Waals surface area contributed by atoms with Gasteiger partial charge in [-0.3, -0.25) is 14.9 Å². The Morgan fingerprint density at radius 3 is 2.50 bits per heavy atom. The molecule has 0 aliphatic carbocycles. The molecule has 0 saturated carbocycles. The molecule has 3 rings (SSSR count). The number of carbonyl (C=O) groups is 3. The predicted molar refractivity (Wildman–Crippen MR) is 99.3 cm³/mol. The minimum absolute atomic E-state index is 0.0696. The van der Waals surface area contributed by atoms with E-state index in [1.54, 1.807) is 31.2 Å². The average molecular weight is 432 g/mol. The predicted octanol–water partition coefficient (Wildman–Crippen LogP) is 3.27. The van der Waals surface area contributed by atoms with Gasteiger partial charge in [-0.05, 0) is 64.9 Å². The normalized spacial score (nSPS) is 16.5. The van der Waals surface area contributed by atoms with Gasteiger partial charge in [0.25, 0.3) is 11.8 Å². The molecule has 0 radical (unpaired) electrons. The van der Waals surface area contributed by atoms with Crippen molar-refractivity contribution in [3.63, 3.8) is 0 Å². The van der Waals surface area contributed by atoms with E-state index >= 15 is 0 Å². The molecule has 2 aromatic rings. The lowest BCUT2D eigenvalue weighted by atomic mass is 10.1. The topological polar surface area (TPSA) is 66.5 Å². The van der Waals surface area contributed by atoms with Gasteiger partial charge in [-0.15, -0.1) is 0 Å². The second-order valence-electron chi connectivity index (χ2n) is 5.30. The number of carbonyl (C=O) groups excluding carboxylic acids is 3. The molecule has 1 N–H and O–H groups in total. The minimum Gasteiger partial charge on any atom is -0.273 e. The van der Waals surface area contributed by atoms with Gasteiger partial charge in [-0.25, -0.2) is 9.69 Å². The Bertz CT molecular complexity index is 889. The van der Waals surface area contributed by atoms with E-state index in [0.29, 0.717) is 5.69 Å². The average Bonchev–Trinajstić information content (AvgIpc) is 2.53. The fourth-order valence-corrected chi connectivity index (χ4v) is 3.02. The summed E-state index contributed by atoms with van der Waals surface area (Å²) in [6, 6.07) is 13.7. The first kappa shape index (κ1) is 16.4. The zero-order valence-corrected chi connectivity index (χ0v) is 14.9. The molecule has 0 bridgehead atoms. The van der Waals surface area contributed by atoms with Crippen LogP contribution < -0.4 is 10.2 Å². The highest BCUT2D eigenvalue weighted by Gasteiger charge is 2.37. The van der Waals surface area contributed by atoms with Crippen LogP contribution >= 0.6 is 22.6 Å². The Kier molecular flexibility index (Phi) is 4.48. The standard InChI is InChI=1S/C18H13IN2O3/c1-11-5-2-3-8-15(11)21-17(23)14(16(22)20-18(21)24)10-12-6-4-7-13(19)9-12/h2-10H,1H3,(H,20,22,24). The molecular weight excluding hydrogens is 419 g/mol. The summed E-state index contributed by atoms with van der Waals surface area (Å²) in [5, 5.41) is 2.23. The van der Waals surface area contributed by atoms with Crippen LogP contribution in [0.2, 0.25) is 0 Å². The summed E-state index contributed by atoms with van der Waals surface area (Å²) in [5.41, 5.74) is 1.88. The molecule has 0 atom stereocenters. The van der Waals surface area contributed by atoms with Crippen molar-refractivity contribution in [3.8, 4) is 0 Å². The van der Waals surface area contributed by atoms with Crippen LogP contribution in [0, 0.1) is 10.5 Å². The Hall–Kier alpha value is -2.48. The van der Waals surface area contributed by atoms with Crippen LogP contribution in [0.15, 0.2) is 54.1 Å². The molecule has 0 unspecified atom stereocenters. The molecule has 24 heavy (non-hydrogen) atoms. The van der Waals surface area contributed by atoms with Crippen molar-refractivity contribution in [2.24, 2.45) is 0 Å². The maximum absolute atomic E-state index is 12.8. The van der Waals surface area contributed by atoms with Crippen molar-refractivity contribution < 1.29 is 14.4 Å². The molecular formula is C18H13IN2O3. The second kappa shape index (κ2) is 6.56. The molecule has 0 aromatic heterocycles. The van der Waals surface area contributed by atoms with Gasteiger partial charge in [-0.1, -0.05) is 30.3 Å². The molecule has 1 aliphatic heterocycles. The third kappa shape index (κ3) is 3.09. The fourth-order valence-electron chi connectivity index (χ4n) is 2.45. The van der Waals surface area contributed by atoms with E-state index in [1.165, 1.54) is 6.08 Å². The van der Waals surface area contributed by atoms with Crippen LogP contribution in [0.3, 0.4) is 0 Å². The zero-order valence-electron chi connectivity index (χ0n) is 12.7. The van der Waals surface area contributed by atoms with Crippen LogP contribution in [0.5, 0.6) is 0 Å². The zero-order chi connectivity index (χ0) is 17.3. The Morgan fingerprint density at radius 2 is 1.79 bits per heavy atom. The third-order valence-electron chi connectivity index (χ3n) is 3.62. The van der Waals surface area contributed by atoms with Gasteiger partial charge in [-0.2, -0.15) is 0 Å². The van der Waals surface area contributed by atoms with Gasteiger partial charge in [0.15, 0.2) is 0 Å². The molecule has 1 heterocycles. The van der Waals surface area contributed by atoms with Gasteiger partial charge in [0.05, 0.1) is 5.69 Å². The molecule has 1 saturated heterocycles. The maximum atomic E-state index is 12.8. The van der Waals surface area contributed by atoms with Gasteiger partial charge in [0, 0.05) is 3.57 Å². The summed E-state index contributed by atoms with van der Waals surface area (Å²) in [6.45, 7) is 1.80. The van der Waals surface area contributed by atoms with Crippen LogP contribution in [0.1, 0.15) is 11.1 Å². The number of barbiturate groups is 1. The Morgan fingerprint density at radius 1 is 1.04 bits per heavy atom. The minimum atomic E-state index is -0.737. The first-order valence-electron chi connectivity index (χ1n) is 7.20. The molecule has 5 nitrogen and oxygen atoms in total. The number of aryl methyl sites for hydroxylation is 1. The van der Waals surface area contributed by atoms with E-state index in [4.69, 9.17) is 0 Å². The van der Waals surface area contributed by atoms with E-state index in [1.807, 2.05) is 24.3 Å². The fraction of sp³-hybridized carbons (Fsp3) is 0.0556. The summed E-state index contributed by atoms with van der Waals surface area (Å²) < 4.78 is 0.984. The van der Waals surface area contributed by atoms with Crippen LogP contribution in [0.25, 0.3) is 6.08 Å². The largest absolute Gasteiger partial charge is 0.335 e. The highest BCUT2D eigenvalue weighted by molar-refractivity contribution is 14.1. The monoisotopic (exact) mass is 432 g/mol. The van der Waals surface area contributed by atoms with Crippen molar-refractivity contribution in [1.82, 2.24) is 5.32 Å². The number of urea groups is 1. The lowest BCUT2D eigenvalue weighted by Gasteiger charge is -2.27. The lowest BCUT2D eigenvalue weighted by Crippen LogP contribution is -2.54. The molecule has 1 aliphatic rings. The van der Waals surface area contributed by atoms with Gasteiger partial charge >= 0.3 is 6.03 Å². The second-order valence-corrected chi connectivity index (χ2v) is 6.54. The first-order valence-corrected chi connectivity index (χ1v) is 8.28. The summed E-state index contributed by atoms with van der Waals surface area (Å²) >= 11 is 2.15. The Balaban J connectivity index is 2.05. The molecule has 1 fully saturated rings. The quantitative estimate of drug-likeness (QED) is 0.450. The number of rotatable bonds is 2. The number of anilines is 1. The van der Waals surface area contributed by atoms with E-state index in [9.17, 15) is 14.4 Å². The molecule has 120 valence electrons. The van der Waals surface area contributed by atoms with Crippen molar-refractivity contribution in [2.45, 2.75) is 6.92 Å². The number of halogens is 1. The third-order valence-corrected chi connectivity index (χ3v) is 4.29. The van der Waals surface area contributed by atoms with Gasteiger partial charge in [0.2, 0.25) is 0 Å². The summed E-state index contributed by atoms with van der Waals surface area (Å²) in [5.74, 6) is -1.31. The number of hydrogen-bond acceptors (Lipinski definition) is 3. The van der Waals surface area contributed by atoms with Crippen LogP contribution in [0.4, 0.5) is 10.5 Å². The van der Waals surface area contributed by atoms with Gasteiger partial charge < -0.3 is 0 Å². The molecule has 2 aromatic carbocycles. The lowest BCUT2D eigenvalue weighted by molar-refractivity contribution is -0.122. The maximum Gasteiger partial charge on any atom is 0.335 e. The summed E-state index contributed by atoms with van der Waals surface area (Å²) in [6.07, 6.45) is 1.50. The van der Waals surface area contributed by atoms with Gasteiger partial charge in [0.1, 0.15) is 5.57 Å². The Labute approximate surface area is 152 Å². The van der Waals surface area contributed by atoms with Crippen molar-refractivity contribution >= 4 is 52.2 Å². The SMILES string of the molecule is Cc1ccccc1N1C(=O)NC(=O)C(=Cc2cccc(I)c2)C1=O. The first-order chi connectivity index (χ1) is 11.5. The molecule has 4 amide bonds. The number of hydrogen-bond donors (Lipinski definition) is 1. The molecule has 6 heteroatoms. The van der Waals surface area contributed by atoms with E-state index in [0.717, 1.165) is 19.6 Å². The number of nitrogens with one attached hydrogen (secondary N) is 1. The van der Waals surface area contributed by atoms with E-state index < -0.39 is 17.8 Å². The smallest absolute Gasteiger partial charge is 0.273 e. The summed E-state index contributed by atoms with van der Waals surface area (Å²) in [7, 11) is 0. The number of para-hydroxylation sites is 1. The summed E-state index contributed by atoms with van der Waals surface area (Å²) in [4.78, 5) is 38.0. The molecule has 0 spiro atoms. The highest BCUT2D eigenvalue weighted by Crippen LogP contribution is 2.25.